The lowest BCUT2D eigenvalue weighted by Crippen LogP contribution is -1.89. The van der Waals surface area contributed by atoms with Crippen LogP contribution in [0.4, 0.5) is 5.69 Å². The Labute approximate surface area is 133 Å². The van der Waals surface area contributed by atoms with Gasteiger partial charge in [0.25, 0.3) is 0 Å². The number of halogens is 1. The zero-order chi connectivity index (χ0) is 13.9. The first-order valence-corrected chi connectivity index (χ1v) is 8.54. The average Bonchev–Trinajstić information content (AvgIpc) is 3.08. The van der Waals surface area contributed by atoms with Crippen molar-refractivity contribution in [2.24, 2.45) is 0 Å². The highest BCUT2D eigenvalue weighted by Gasteiger charge is 2.08. The predicted molar refractivity (Wildman–Crippen MR) is 87.9 cm³/mol. The van der Waals surface area contributed by atoms with Crippen LogP contribution in [0.2, 0.25) is 0 Å². The molecule has 2 aromatic heterocycles. The molecule has 0 atom stereocenters. The van der Waals surface area contributed by atoms with Crippen molar-refractivity contribution < 1.29 is 4.42 Å². The molecule has 0 saturated carbocycles. The van der Waals surface area contributed by atoms with Crippen LogP contribution in [0.3, 0.4) is 0 Å². The van der Waals surface area contributed by atoms with Gasteiger partial charge in [0.05, 0.1) is 10.6 Å². The number of thiophene rings is 1. The first-order valence-electron chi connectivity index (χ1n) is 5.88. The summed E-state index contributed by atoms with van der Waals surface area (Å²) in [6.07, 6.45) is 1.71. The molecule has 3 rings (SSSR count). The van der Waals surface area contributed by atoms with E-state index in [0.717, 1.165) is 31.4 Å². The average molecular weight is 367 g/mol. The van der Waals surface area contributed by atoms with Gasteiger partial charge in [-0.1, -0.05) is 22.0 Å². The van der Waals surface area contributed by atoms with E-state index in [4.69, 9.17) is 10.2 Å². The predicted octanol–water partition coefficient (Wildman–Crippen LogP) is 5.04. The molecular formula is C14H11BrN2OS2. The van der Waals surface area contributed by atoms with Gasteiger partial charge in [-0.05, 0) is 29.6 Å². The maximum absolute atomic E-state index is 5.97. The van der Waals surface area contributed by atoms with Crippen LogP contribution in [0, 0.1) is 0 Å². The second-order valence-electron chi connectivity index (χ2n) is 4.09. The lowest BCUT2D eigenvalue weighted by atomic mass is 10.3. The molecule has 2 heterocycles. The molecule has 0 radical (unpaired) electrons. The van der Waals surface area contributed by atoms with Crippen LogP contribution >= 0.6 is 39.0 Å². The molecular weight excluding hydrogens is 356 g/mol. The second kappa shape index (κ2) is 6.03. The van der Waals surface area contributed by atoms with E-state index in [0.29, 0.717) is 5.89 Å². The smallest absolute Gasteiger partial charge is 0.236 e. The van der Waals surface area contributed by atoms with Gasteiger partial charge in [-0.25, -0.2) is 4.98 Å². The van der Waals surface area contributed by atoms with Crippen molar-refractivity contribution in [2.75, 3.05) is 5.73 Å². The van der Waals surface area contributed by atoms with Gasteiger partial charge in [0, 0.05) is 20.8 Å². The Balaban J connectivity index is 1.70. The summed E-state index contributed by atoms with van der Waals surface area (Å²) in [4.78, 5) is 6.58. The van der Waals surface area contributed by atoms with Gasteiger partial charge in [-0.3, -0.25) is 0 Å². The SMILES string of the molecule is Nc1cc(Br)ccc1SCc1coc(-c2cccs2)n1. The summed E-state index contributed by atoms with van der Waals surface area (Å²) in [6.45, 7) is 0. The molecule has 20 heavy (non-hydrogen) atoms. The van der Waals surface area contributed by atoms with Gasteiger partial charge >= 0.3 is 0 Å². The number of nitrogens with zero attached hydrogens (tertiary/aromatic N) is 1. The Kier molecular flexibility index (Phi) is 4.14. The molecule has 0 spiro atoms. The topological polar surface area (TPSA) is 52.0 Å². The number of nitrogen functional groups attached to an aromatic ring is 1. The number of aromatic nitrogens is 1. The van der Waals surface area contributed by atoms with Crippen LogP contribution < -0.4 is 5.73 Å². The highest BCUT2D eigenvalue weighted by molar-refractivity contribution is 9.10. The van der Waals surface area contributed by atoms with Crippen molar-refractivity contribution in [1.82, 2.24) is 4.98 Å². The number of benzene rings is 1. The van der Waals surface area contributed by atoms with E-state index in [1.165, 1.54) is 0 Å². The van der Waals surface area contributed by atoms with E-state index in [1.807, 2.05) is 35.7 Å². The first-order chi connectivity index (χ1) is 9.72. The molecule has 2 N–H and O–H groups in total. The Morgan fingerprint density at radius 3 is 3.00 bits per heavy atom. The summed E-state index contributed by atoms with van der Waals surface area (Å²) >= 11 is 6.68. The highest BCUT2D eigenvalue weighted by atomic mass is 79.9. The third-order valence-electron chi connectivity index (χ3n) is 2.63. The zero-order valence-corrected chi connectivity index (χ0v) is 13.6. The fourth-order valence-corrected chi connectivity index (χ4v) is 3.55. The summed E-state index contributed by atoms with van der Waals surface area (Å²) in [7, 11) is 0. The molecule has 0 aliphatic carbocycles. The minimum atomic E-state index is 0.680. The van der Waals surface area contributed by atoms with Crippen molar-refractivity contribution in [3.63, 3.8) is 0 Å². The van der Waals surface area contributed by atoms with Crippen LogP contribution in [-0.2, 0) is 5.75 Å². The van der Waals surface area contributed by atoms with Gasteiger partial charge in [0.15, 0.2) is 0 Å². The van der Waals surface area contributed by atoms with E-state index >= 15 is 0 Å². The second-order valence-corrected chi connectivity index (χ2v) is 6.97. The lowest BCUT2D eigenvalue weighted by Gasteiger charge is -2.04. The van der Waals surface area contributed by atoms with E-state index in [1.54, 1.807) is 29.4 Å². The van der Waals surface area contributed by atoms with Gasteiger partial charge in [-0.2, -0.15) is 0 Å². The number of thioether (sulfide) groups is 1. The quantitative estimate of drug-likeness (QED) is 0.518. The van der Waals surface area contributed by atoms with Crippen LogP contribution in [0.15, 0.2) is 55.8 Å². The van der Waals surface area contributed by atoms with Crippen molar-refractivity contribution in [2.45, 2.75) is 10.6 Å². The summed E-state index contributed by atoms with van der Waals surface area (Å²) in [5.74, 6) is 1.42. The standard InChI is InChI=1S/C14H11BrN2OS2/c15-9-3-4-12(11(16)6-9)20-8-10-7-18-14(17-10)13-2-1-5-19-13/h1-7H,8,16H2. The molecule has 0 aliphatic rings. The molecule has 0 bridgehead atoms. The largest absolute Gasteiger partial charge is 0.444 e. The van der Waals surface area contributed by atoms with Crippen molar-refractivity contribution >= 4 is 44.7 Å². The number of oxazole rings is 1. The summed E-state index contributed by atoms with van der Waals surface area (Å²) < 4.78 is 6.48. The van der Waals surface area contributed by atoms with Crippen molar-refractivity contribution in [3.8, 4) is 10.8 Å². The highest BCUT2D eigenvalue weighted by Crippen LogP contribution is 2.31. The number of rotatable bonds is 4. The molecule has 0 fully saturated rings. The van der Waals surface area contributed by atoms with Crippen LogP contribution in [0.25, 0.3) is 10.8 Å². The number of hydrogen-bond acceptors (Lipinski definition) is 5. The molecule has 0 saturated heterocycles. The summed E-state index contributed by atoms with van der Waals surface area (Å²) in [5, 5.41) is 2.01. The fourth-order valence-electron chi connectivity index (χ4n) is 1.69. The molecule has 102 valence electrons. The van der Waals surface area contributed by atoms with Gasteiger partial charge < -0.3 is 10.2 Å². The van der Waals surface area contributed by atoms with Gasteiger partial charge in [0.2, 0.25) is 5.89 Å². The van der Waals surface area contributed by atoms with Crippen LogP contribution in [-0.4, -0.2) is 4.98 Å². The minimum absolute atomic E-state index is 0.680. The number of nitrogens with two attached hydrogens (primary N) is 1. The molecule has 6 heteroatoms. The molecule has 1 aromatic carbocycles. The lowest BCUT2D eigenvalue weighted by molar-refractivity contribution is 0.575. The number of anilines is 1. The molecule has 0 unspecified atom stereocenters. The van der Waals surface area contributed by atoms with Gasteiger partial charge in [0.1, 0.15) is 6.26 Å². The first kappa shape index (κ1) is 13.7. The third kappa shape index (κ3) is 3.08. The molecule has 3 nitrogen and oxygen atoms in total. The van der Waals surface area contributed by atoms with E-state index in [9.17, 15) is 0 Å². The molecule has 0 aliphatic heterocycles. The van der Waals surface area contributed by atoms with Gasteiger partial charge in [-0.15, -0.1) is 23.1 Å². The fraction of sp³-hybridized carbons (Fsp3) is 0.0714. The van der Waals surface area contributed by atoms with Crippen molar-refractivity contribution in [3.05, 3.63) is 52.1 Å². The normalized spacial score (nSPS) is 10.8. The summed E-state index contributed by atoms with van der Waals surface area (Å²) in [6, 6.07) is 9.88. The van der Waals surface area contributed by atoms with E-state index < -0.39 is 0 Å². The Morgan fingerprint density at radius 1 is 1.35 bits per heavy atom. The van der Waals surface area contributed by atoms with Crippen LogP contribution in [0.1, 0.15) is 5.69 Å². The van der Waals surface area contributed by atoms with Crippen LogP contribution in [0.5, 0.6) is 0 Å². The Bertz CT molecular complexity index is 710. The maximum atomic E-state index is 5.97. The third-order valence-corrected chi connectivity index (χ3v) is 5.11. The zero-order valence-electron chi connectivity index (χ0n) is 10.4. The van der Waals surface area contributed by atoms with E-state index in [-0.39, 0.29) is 0 Å². The summed E-state index contributed by atoms with van der Waals surface area (Å²) in [5.41, 5.74) is 7.66. The van der Waals surface area contributed by atoms with Crippen molar-refractivity contribution in [1.29, 1.82) is 0 Å². The number of hydrogen-bond donors (Lipinski definition) is 1. The molecule has 3 aromatic rings. The maximum Gasteiger partial charge on any atom is 0.236 e. The monoisotopic (exact) mass is 366 g/mol. The van der Waals surface area contributed by atoms with E-state index in [2.05, 4.69) is 20.9 Å². The minimum Gasteiger partial charge on any atom is -0.444 e. The Morgan fingerprint density at radius 2 is 2.25 bits per heavy atom. The Hall–Kier alpha value is -1.24. The molecule has 0 amide bonds.